The zero-order chi connectivity index (χ0) is 25.4. The molecule has 0 spiro atoms. The van der Waals surface area contributed by atoms with Gasteiger partial charge in [-0.05, 0) is 108 Å². The van der Waals surface area contributed by atoms with Gasteiger partial charge in [-0.3, -0.25) is 0 Å². The molecule has 3 aromatic rings. The first-order valence-electron chi connectivity index (χ1n) is 13.7. The number of aromatic nitrogens is 4. The topological polar surface area (TPSA) is 57.4 Å². The first-order chi connectivity index (χ1) is 17.6. The molecule has 2 N–H and O–H groups in total. The van der Waals surface area contributed by atoms with Crippen molar-refractivity contribution < 1.29 is 0 Å². The van der Waals surface area contributed by atoms with Crippen molar-refractivity contribution in [3.8, 4) is 0 Å². The lowest BCUT2D eigenvalue weighted by molar-refractivity contribution is 1.15. The van der Waals surface area contributed by atoms with Crippen molar-refractivity contribution in [1.82, 2.24) is 19.9 Å². The van der Waals surface area contributed by atoms with E-state index in [-0.39, 0.29) is 0 Å². The molecule has 4 nitrogen and oxygen atoms in total. The molecule has 36 heavy (non-hydrogen) atoms. The fraction of sp³-hybridized carbons (Fsp3) is 0.375. The summed E-state index contributed by atoms with van der Waals surface area (Å²) in [5, 5.41) is 0. The summed E-state index contributed by atoms with van der Waals surface area (Å²) in [6, 6.07) is 13.3. The smallest absolute Gasteiger partial charge is 0.0910 e. The lowest BCUT2D eigenvalue weighted by Crippen LogP contribution is -1.86. The van der Waals surface area contributed by atoms with Gasteiger partial charge in [0.2, 0.25) is 0 Å². The number of nitrogens with one attached hydrogen (secondary N) is 2. The molecule has 0 fully saturated rings. The summed E-state index contributed by atoms with van der Waals surface area (Å²) in [7, 11) is 0. The fourth-order valence-corrected chi connectivity index (χ4v) is 5.88. The summed E-state index contributed by atoms with van der Waals surface area (Å²) in [6.07, 6.45) is 5.82. The third kappa shape index (κ3) is 3.93. The highest BCUT2D eigenvalue weighted by Crippen LogP contribution is 2.38. The van der Waals surface area contributed by atoms with Crippen LogP contribution in [0.1, 0.15) is 101 Å². The Morgan fingerprint density at radius 2 is 0.889 bits per heavy atom. The van der Waals surface area contributed by atoms with E-state index in [1.54, 1.807) is 0 Å². The first kappa shape index (κ1) is 24.3. The monoisotopic (exact) mass is 478 g/mol. The predicted octanol–water partition coefficient (Wildman–Crippen LogP) is 8.90. The summed E-state index contributed by atoms with van der Waals surface area (Å²) in [5.41, 5.74) is 17.0. The highest BCUT2D eigenvalue weighted by atomic mass is 14.8. The van der Waals surface area contributed by atoms with E-state index >= 15 is 0 Å². The Hall–Kier alpha value is -3.40. The van der Waals surface area contributed by atoms with Crippen molar-refractivity contribution in [3.05, 3.63) is 70.3 Å². The van der Waals surface area contributed by atoms with Gasteiger partial charge in [0.1, 0.15) is 0 Å². The summed E-state index contributed by atoms with van der Waals surface area (Å²) in [4.78, 5) is 17.8. The molecule has 0 aromatic carbocycles. The lowest BCUT2D eigenvalue weighted by atomic mass is 9.99. The van der Waals surface area contributed by atoms with Crippen LogP contribution in [-0.2, 0) is 12.8 Å². The molecular formula is C32H38N4. The third-order valence-electron chi connectivity index (χ3n) is 7.71. The quantitative estimate of drug-likeness (QED) is 0.371. The largest absolute Gasteiger partial charge is 0.354 e. The van der Waals surface area contributed by atoms with Gasteiger partial charge in [0.15, 0.2) is 0 Å². The van der Waals surface area contributed by atoms with Crippen molar-refractivity contribution in [3.63, 3.8) is 0 Å². The van der Waals surface area contributed by atoms with Crippen LogP contribution in [-0.4, -0.2) is 19.9 Å². The molecule has 5 rings (SSSR count). The minimum Gasteiger partial charge on any atom is -0.354 e. The van der Waals surface area contributed by atoms with Gasteiger partial charge < -0.3 is 9.97 Å². The Bertz CT molecular complexity index is 1420. The maximum Gasteiger partial charge on any atom is 0.0910 e. The van der Waals surface area contributed by atoms with E-state index in [2.05, 4.69) is 87.9 Å². The SMILES string of the molecule is CCC1=C(CC)c2nc1ccc1cc(CC)c([nH]1)c1nc(ccc3cc(CC)c2[nH]3)C(CC)=C1CC. The number of nitrogens with zero attached hydrogens (tertiary/aromatic N) is 2. The predicted molar refractivity (Wildman–Crippen MR) is 155 cm³/mol. The van der Waals surface area contributed by atoms with E-state index in [0.29, 0.717) is 0 Å². The Balaban J connectivity index is 1.94. The zero-order valence-electron chi connectivity index (χ0n) is 22.6. The van der Waals surface area contributed by atoms with Crippen LogP contribution < -0.4 is 0 Å². The molecule has 186 valence electrons. The first-order valence-corrected chi connectivity index (χ1v) is 13.7. The van der Waals surface area contributed by atoms with Crippen LogP contribution in [0.3, 0.4) is 0 Å². The molecular weight excluding hydrogens is 440 g/mol. The summed E-state index contributed by atoms with van der Waals surface area (Å²) in [5.74, 6) is 0. The molecule has 3 aromatic heterocycles. The van der Waals surface area contributed by atoms with Crippen LogP contribution in [0, 0.1) is 0 Å². The van der Waals surface area contributed by atoms with Gasteiger partial charge in [0.05, 0.1) is 33.8 Å². The maximum atomic E-state index is 5.20. The van der Waals surface area contributed by atoms with E-state index in [0.717, 1.165) is 83.4 Å². The number of aromatic amines is 2. The zero-order valence-corrected chi connectivity index (χ0v) is 22.6. The molecule has 0 saturated heterocycles. The Kier molecular flexibility index (Phi) is 6.70. The van der Waals surface area contributed by atoms with E-state index in [9.17, 15) is 0 Å². The number of H-pyrrole nitrogens is 2. The molecule has 0 aliphatic carbocycles. The van der Waals surface area contributed by atoms with E-state index in [1.807, 2.05) is 0 Å². The second kappa shape index (κ2) is 9.93. The van der Waals surface area contributed by atoms with Gasteiger partial charge in [-0.15, -0.1) is 0 Å². The molecule has 0 radical (unpaired) electrons. The number of rotatable bonds is 6. The van der Waals surface area contributed by atoms with E-state index in [1.165, 1.54) is 33.4 Å². The number of aryl methyl sites for hydroxylation is 2. The average molecular weight is 479 g/mol. The van der Waals surface area contributed by atoms with Gasteiger partial charge in [-0.2, -0.15) is 0 Å². The molecule has 8 bridgehead atoms. The molecule has 2 aliphatic rings. The Labute approximate surface area is 214 Å². The molecule has 2 aliphatic heterocycles. The molecule has 0 amide bonds. The second-order valence-electron chi connectivity index (χ2n) is 9.64. The highest BCUT2D eigenvalue weighted by Gasteiger charge is 2.22. The van der Waals surface area contributed by atoms with Gasteiger partial charge in [-0.1, -0.05) is 41.5 Å². The Morgan fingerprint density at radius 3 is 1.22 bits per heavy atom. The molecule has 0 unspecified atom stereocenters. The molecule has 0 saturated carbocycles. The van der Waals surface area contributed by atoms with Crippen LogP contribution in [0.15, 0.2) is 36.4 Å². The normalized spacial score (nSPS) is 13.7. The van der Waals surface area contributed by atoms with Crippen LogP contribution in [0.4, 0.5) is 0 Å². The summed E-state index contributed by atoms with van der Waals surface area (Å²) < 4.78 is 0. The van der Waals surface area contributed by atoms with Gasteiger partial charge in [-0.25, -0.2) is 9.97 Å². The van der Waals surface area contributed by atoms with Crippen molar-refractivity contribution in [1.29, 1.82) is 0 Å². The summed E-state index contributed by atoms with van der Waals surface area (Å²) in [6.45, 7) is 13.4. The Morgan fingerprint density at radius 1 is 0.500 bits per heavy atom. The number of hydrogen-bond acceptors (Lipinski definition) is 2. The average Bonchev–Trinajstić information content (AvgIpc) is 3.66. The van der Waals surface area contributed by atoms with Crippen molar-refractivity contribution >= 4 is 44.4 Å². The van der Waals surface area contributed by atoms with Crippen molar-refractivity contribution in [2.75, 3.05) is 0 Å². The third-order valence-corrected chi connectivity index (χ3v) is 7.71. The second-order valence-corrected chi connectivity index (χ2v) is 9.64. The van der Waals surface area contributed by atoms with Gasteiger partial charge >= 0.3 is 0 Å². The van der Waals surface area contributed by atoms with Gasteiger partial charge in [0.25, 0.3) is 0 Å². The highest BCUT2D eigenvalue weighted by molar-refractivity contribution is 5.98. The lowest BCUT2D eigenvalue weighted by Gasteiger charge is -2.04. The van der Waals surface area contributed by atoms with Crippen molar-refractivity contribution in [2.24, 2.45) is 0 Å². The van der Waals surface area contributed by atoms with Crippen LogP contribution in [0.2, 0.25) is 0 Å². The maximum absolute atomic E-state index is 5.20. The van der Waals surface area contributed by atoms with E-state index < -0.39 is 0 Å². The van der Waals surface area contributed by atoms with Crippen LogP contribution >= 0.6 is 0 Å². The molecule has 5 heterocycles. The number of hydrogen-bond donors (Lipinski definition) is 2. The van der Waals surface area contributed by atoms with Crippen molar-refractivity contribution in [2.45, 2.75) is 80.1 Å². The standard InChI is InChI=1S/C32H38N4/c1-7-19-17-21-13-15-28-24(10-4)26(12-6)32(36-28)30-20(8-2)18-22(34-30)14-16-27-23(9-3)25(11-5)31(35-27)29(19)33-21/h13-18,33-34H,7-12H2,1-6H3. The van der Waals surface area contributed by atoms with Gasteiger partial charge in [0, 0.05) is 11.0 Å². The molecule has 0 atom stereocenters. The number of allylic oxidation sites excluding steroid dienone is 4. The van der Waals surface area contributed by atoms with Crippen LogP contribution in [0.5, 0.6) is 0 Å². The minimum atomic E-state index is 0.964. The van der Waals surface area contributed by atoms with Crippen LogP contribution in [0.25, 0.3) is 44.4 Å². The molecule has 4 heteroatoms. The fourth-order valence-electron chi connectivity index (χ4n) is 5.88. The number of fused-ring (bicyclic) bond motifs is 10. The summed E-state index contributed by atoms with van der Waals surface area (Å²) >= 11 is 0. The van der Waals surface area contributed by atoms with E-state index in [4.69, 9.17) is 9.97 Å². The minimum absolute atomic E-state index is 0.964.